The second-order valence-corrected chi connectivity index (χ2v) is 13.1. The summed E-state index contributed by atoms with van der Waals surface area (Å²) in [6, 6.07) is 4.83. The van der Waals surface area contributed by atoms with Gasteiger partial charge in [-0.05, 0) is 90.0 Å². The van der Waals surface area contributed by atoms with Crippen molar-refractivity contribution in [2.24, 2.45) is 11.8 Å². The minimum Gasteiger partial charge on any atom is -0.490 e. The van der Waals surface area contributed by atoms with Gasteiger partial charge in [0, 0.05) is 43.9 Å². The fraction of sp³-hybridized carbons (Fsp3) is 0.758. The van der Waals surface area contributed by atoms with Crippen LogP contribution in [-0.4, -0.2) is 91.0 Å². The first-order chi connectivity index (χ1) is 20.2. The van der Waals surface area contributed by atoms with Crippen LogP contribution in [0.15, 0.2) is 18.2 Å². The Morgan fingerprint density at radius 3 is 2.52 bits per heavy atom. The van der Waals surface area contributed by atoms with E-state index in [4.69, 9.17) is 9.47 Å². The van der Waals surface area contributed by atoms with Crippen molar-refractivity contribution in [2.75, 3.05) is 45.2 Å². The van der Waals surface area contributed by atoms with Gasteiger partial charge in [-0.3, -0.25) is 4.79 Å². The fourth-order valence-corrected chi connectivity index (χ4v) is 6.19. The van der Waals surface area contributed by atoms with Gasteiger partial charge in [0.05, 0.1) is 30.4 Å². The Morgan fingerprint density at radius 1 is 1.07 bits per heavy atom. The molecule has 2 fully saturated rings. The highest BCUT2D eigenvalue weighted by atomic mass is 16.5. The summed E-state index contributed by atoms with van der Waals surface area (Å²) in [6.07, 6.45) is 10.7. The summed E-state index contributed by atoms with van der Waals surface area (Å²) in [7, 11) is 2.16. The predicted molar refractivity (Wildman–Crippen MR) is 166 cm³/mol. The number of carbonyl (C=O) groups is 2. The van der Waals surface area contributed by atoms with Crippen molar-refractivity contribution in [1.29, 1.82) is 0 Å². The van der Waals surface area contributed by atoms with Crippen molar-refractivity contribution in [2.45, 2.75) is 109 Å². The minimum atomic E-state index is -0.394. The summed E-state index contributed by atoms with van der Waals surface area (Å²) in [6.45, 7) is 8.89. The smallest absolute Gasteiger partial charge is 0.319 e. The molecule has 236 valence electrons. The minimum absolute atomic E-state index is 0.0255. The van der Waals surface area contributed by atoms with Gasteiger partial charge < -0.3 is 35.0 Å². The standard InChI is InChI=1S/C33H54N4O5/c1-23-19-37(24(2)22-38)32(39)29-18-28(35-33(40)34-27-11-6-5-7-12-27)15-16-30(29)42-25(3)10-8-9-17-41-31(23)21-36(4)20-26-13-14-26/h15-16,18,23-27,31,38H,5-14,17,19-22H2,1-4H3,(H2,34,35,40)/t23-,24+,25+,31+/m1/s1. The predicted octanol–water partition coefficient (Wildman–Crippen LogP) is 5.28. The Kier molecular flexibility index (Phi) is 12.3. The monoisotopic (exact) mass is 586 g/mol. The molecule has 3 N–H and O–H groups in total. The topological polar surface area (TPSA) is 103 Å². The van der Waals surface area contributed by atoms with Gasteiger partial charge in [0.1, 0.15) is 5.75 Å². The highest BCUT2D eigenvalue weighted by molar-refractivity contribution is 5.99. The zero-order valence-corrected chi connectivity index (χ0v) is 26.3. The van der Waals surface area contributed by atoms with Crippen LogP contribution in [0.5, 0.6) is 5.75 Å². The van der Waals surface area contributed by atoms with Crippen molar-refractivity contribution < 1.29 is 24.2 Å². The molecule has 0 radical (unpaired) electrons. The molecule has 1 aromatic carbocycles. The third-order valence-corrected chi connectivity index (χ3v) is 9.01. The number of nitrogens with one attached hydrogen (secondary N) is 2. The van der Waals surface area contributed by atoms with Gasteiger partial charge in [-0.2, -0.15) is 0 Å². The van der Waals surface area contributed by atoms with E-state index in [1.165, 1.54) is 19.3 Å². The van der Waals surface area contributed by atoms with E-state index in [0.717, 1.165) is 64.0 Å². The fourth-order valence-electron chi connectivity index (χ4n) is 6.19. The quantitative estimate of drug-likeness (QED) is 0.383. The number of urea groups is 1. The van der Waals surface area contributed by atoms with Crippen molar-refractivity contribution in [3.8, 4) is 5.75 Å². The number of hydrogen-bond donors (Lipinski definition) is 3. The zero-order valence-electron chi connectivity index (χ0n) is 26.3. The Hall–Kier alpha value is -2.36. The second kappa shape index (κ2) is 15.9. The summed E-state index contributed by atoms with van der Waals surface area (Å²) in [5, 5.41) is 16.2. The third kappa shape index (κ3) is 9.85. The highest BCUT2D eigenvalue weighted by Gasteiger charge is 2.31. The van der Waals surface area contributed by atoms with Crippen LogP contribution < -0.4 is 15.4 Å². The van der Waals surface area contributed by atoms with E-state index < -0.39 is 6.04 Å². The molecular weight excluding hydrogens is 532 g/mol. The van der Waals surface area contributed by atoms with Crippen LogP contribution >= 0.6 is 0 Å². The molecule has 2 aliphatic carbocycles. The number of aliphatic hydroxyl groups excluding tert-OH is 1. The molecule has 4 atom stereocenters. The number of amides is 3. The number of ether oxygens (including phenoxy) is 2. The largest absolute Gasteiger partial charge is 0.490 e. The number of nitrogens with zero attached hydrogens (tertiary/aromatic N) is 2. The van der Waals surface area contributed by atoms with Gasteiger partial charge in [-0.25, -0.2) is 4.79 Å². The average molecular weight is 587 g/mol. The molecule has 3 aliphatic rings. The number of rotatable bonds is 8. The molecule has 9 heteroatoms. The van der Waals surface area contributed by atoms with Gasteiger partial charge in [-0.15, -0.1) is 0 Å². The molecule has 0 bridgehead atoms. The molecule has 1 aromatic rings. The van der Waals surface area contributed by atoms with Crippen LogP contribution in [0.4, 0.5) is 10.5 Å². The van der Waals surface area contributed by atoms with Crippen LogP contribution in [0.25, 0.3) is 0 Å². The zero-order chi connectivity index (χ0) is 30.1. The summed E-state index contributed by atoms with van der Waals surface area (Å²) in [5.74, 6) is 1.13. The Bertz CT molecular complexity index is 1010. The normalized spacial score (nSPS) is 25.7. The molecule has 9 nitrogen and oxygen atoms in total. The molecule has 1 heterocycles. The first-order valence-corrected chi connectivity index (χ1v) is 16.3. The Morgan fingerprint density at radius 2 is 1.81 bits per heavy atom. The number of hydrogen-bond acceptors (Lipinski definition) is 6. The summed E-state index contributed by atoms with van der Waals surface area (Å²) < 4.78 is 12.8. The molecule has 0 spiro atoms. The molecule has 4 rings (SSSR count). The van der Waals surface area contributed by atoms with Crippen LogP contribution in [0.1, 0.15) is 95.3 Å². The number of carbonyl (C=O) groups excluding carboxylic acids is 2. The lowest BCUT2D eigenvalue weighted by Gasteiger charge is -2.36. The number of likely N-dealkylation sites (N-methyl/N-ethyl adjacent to an activating group) is 1. The van der Waals surface area contributed by atoms with E-state index in [-0.39, 0.29) is 42.7 Å². The SMILES string of the molecule is C[C@@H]1CN([C@@H](C)CO)C(=O)c2cc(NC(=O)NC3CCCCC3)ccc2O[C@@H](C)CCCCO[C@H]1CN(C)CC1CC1. The van der Waals surface area contributed by atoms with Crippen molar-refractivity contribution >= 4 is 17.6 Å². The summed E-state index contributed by atoms with van der Waals surface area (Å²) in [4.78, 5) is 31.2. The van der Waals surface area contributed by atoms with Crippen LogP contribution in [-0.2, 0) is 4.74 Å². The lowest BCUT2D eigenvalue weighted by molar-refractivity contribution is -0.0172. The maximum atomic E-state index is 14.3. The number of fused-ring (bicyclic) bond motifs is 1. The number of aliphatic hydroxyl groups is 1. The molecule has 0 aromatic heterocycles. The summed E-state index contributed by atoms with van der Waals surface area (Å²) >= 11 is 0. The van der Waals surface area contributed by atoms with Gasteiger partial charge in [-0.1, -0.05) is 26.2 Å². The van der Waals surface area contributed by atoms with Gasteiger partial charge in [0.25, 0.3) is 5.91 Å². The summed E-state index contributed by atoms with van der Waals surface area (Å²) in [5.41, 5.74) is 0.936. The van der Waals surface area contributed by atoms with E-state index in [2.05, 4.69) is 29.5 Å². The second-order valence-electron chi connectivity index (χ2n) is 13.1. The van der Waals surface area contributed by atoms with Crippen molar-refractivity contribution in [3.63, 3.8) is 0 Å². The number of anilines is 1. The van der Waals surface area contributed by atoms with Crippen LogP contribution in [0, 0.1) is 11.8 Å². The highest BCUT2D eigenvalue weighted by Crippen LogP contribution is 2.31. The molecule has 1 aliphatic heterocycles. The number of benzene rings is 1. The molecule has 3 amide bonds. The van der Waals surface area contributed by atoms with Crippen LogP contribution in [0.3, 0.4) is 0 Å². The molecule has 0 saturated heterocycles. The van der Waals surface area contributed by atoms with E-state index in [9.17, 15) is 14.7 Å². The van der Waals surface area contributed by atoms with Gasteiger partial charge in [0.2, 0.25) is 0 Å². The van der Waals surface area contributed by atoms with Gasteiger partial charge >= 0.3 is 6.03 Å². The molecular formula is C33H54N4O5. The van der Waals surface area contributed by atoms with E-state index in [0.29, 0.717) is 30.2 Å². The lowest BCUT2D eigenvalue weighted by atomic mass is 9.96. The lowest BCUT2D eigenvalue weighted by Crippen LogP contribution is -2.47. The van der Waals surface area contributed by atoms with E-state index in [1.807, 2.05) is 13.8 Å². The van der Waals surface area contributed by atoms with Crippen molar-refractivity contribution in [3.05, 3.63) is 23.8 Å². The molecule has 0 unspecified atom stereocenters. The molecule has 2 saturated carbocycles. The van der Waals surface area contributed by atoms with E-state index >= 15 is 0 Å². The van der Waals surface area contributed by atoms with E-state index in [1.54, 1.807) is 23.1 Å². The Labute approximate surface area is 252 Å². The maximum Gasteiger partial charge on any atom is 0.319 e. The molecule has 42 heavy (non-hydrogen) atoms. The Balaban J connectivity index is 1.56. The van der Waals surface area contributed by atoms with Crippen LogP contribution in [0.2, 0.25) is 0 Å². The first kappa shape index (κ1) is 32.6. The third-order valence-electron chi connectivity index (χ3n) is 9.01. The maximum absolute atomic E-state index is 14.3. The van der Waals surface area contributed by atoms with Gasteiger partial charge in [0.15, 0.2) is 0 Å². The average Bonchev–Trinajstić information content (AvgIpc) is 3.79. The first-order valence-electron chi connectivity index (χ1n) is 16.3. The van der Waals surface area contributed by atoms with Crippen molar-refractivity contribution in [1.82, 2.24) is 15.1 Å².